The van der Waals surface area contributed by atoms with Gasteiger partial charge in [0, 0.05) is 24.2 Å². The summed E-state index contributed by atoms with van der Waals surface area (Å²) >= 11 is 0. The number of carbonyl (C=O) groups excluding carboxylic acids is 1. The molecule has 0 aliphatic rings. The highest BCUT2D eigenvalue weighted by Crippen LogP contribution is 2.29. The number of hydrogen-bond acceptors (Lipinski definition) is 6. The van der Waals surface area contributed by atoms with Crippen molar-refractivity contribution in [1.29, 1.82) is 5.41 Å². The van der Waals surface area contributed by atoms with Crippen LogP contribution >= 0.6 is 0 Å². The Hall–Kier alpha value is -3.22. The van der Waals surface area contributed by atoms with Crippen LogP contribution in [-0.2, 0) is 4.74 Å². The van der Waals surface area contributed by atoms with E-state index in [1.807, 2.05) is 45.0 Å². The number of ether oxygens (including phenoxy) is 4. The fourth-order valence-corrected chi connectivity index (χ4v) is 3.30. The van der Waals surface area contributed by atoms with Gasteiger partial charge in [0.2, 0.25) is 5.90 Å². The van der Waals surface area contributed by atoms with E-state index in [0.717, 1.165) is 30.6 Å². The minimum absolute atomic E-state index is 0.00736. The number of nitrogens with one attached hydrogen (secondary N) is 1. The molecule has 0 radical (unpaired) electrons. The van der Waals surface area contributed by atoms with Crippen LogP contribution < -0.4 is 14.2 Å². The van der Waals surface area contributed by atoms with Crippen molar-refractivity contribution in [2.75, 3.05) is 40.0 Å². The molecule has 1 amide bonds. The number of amides is 1. The van der Waals surface area contributed by atoms with Gasteiger partial charge in [-0.3, -0.25) is 10.2 Å². The lowest BCUT2D eigenvalue weighted by Crippen LogP contribution is -2.30. The van der Waals surface area contributed by atoms with Gasteiger partial charge in [-0.1, -0.05) is 0 Å². The van der Waals surface area contributed by atoms with Gasteiger partial charge in [-0.25, -0.2) is 0 Å². The summed E-state index contributed by atoms with van der Waals surface area (Å²) in [5.74, 6) is 2.15. The van der Waals surface area contributed by atoms with Gasteiger partial charge in [0.15, 0.2) is 11.5 Å². The lowest BCUT2D eigenvalue weighted by Gasteiger charge is -2.19. The molecule has 0 spiro atoms. The molecule has 7 nitrogen and oxygen atoms in total. The highest BCUT2D eigenvalue weighted by Gasteiger charge is 2.15. The number of nitrogens with zero attached hydrogens (tertiary/aromatic N) is 1. The predicted molar refractivity (Wildman–Crippen MR) is 130 cm³/mol. The SMILES string of the molecule is CCOC(=N)c1ccc(OCCCCCOc2ccc(C(=O)N(CC)CC)cc2OC)cc1. The Bertz CT molecular complexity index is 879. The second-order valence-electron chi connectivity index (χ2n) is 7.39. The van der Waals surface area contributed by atoms with Crippen molar-refractivity contribution in [2.45, 2.75) is 40.0 Å². The van der Waals surface area contributed by atoms with E-state index in [1.165, 1.54) is 0 Å². The summed E-state index contributed by atoms with van der Waals surface area (Å²) in [5, 5.41) is 7.78. The average molecular weight is 457 g/mol. The molecule has 7 heteroatoms. The molecule has 0 aromatic heterocycles. The van der Waals surface area contributed by atoms with Gasteiger partial charge in [-0.2, -0.15) is 0 Å². The Morgan fingerprint density at radius 3 is 2.09 bits per heavy atom. The van der Waals surface area contributed by atoms with Gasteiger partial charge in [-0.15, -0.1) is 0 Å². The maximum Gasteiger partial charge on any atom is 0.253 e. The Labute approximate surface area is 197 Å². The highest BCUT2D eigenvalue weighted by atomic mass is 16.5. The molecule has 180 valence electrons. The summed E-state index contributed by atoms with van der Waals surface area (Å²) < 4.78 is 22.3. The molecule has 0 saturated carbocycles. The minimum Gasteiger partial charge on any atom is -0.494 e. The standard InChI is InChI=1S/C26H36N2O5/c1-5-28(6-2)26(29)21-13-16-23(24(19-21)30-4)33-18-10-8-9-17-32-22-14-11-20(12-15-22)25(27)31-7-3/h11-16,19,27H,5-10,17-18H2,1-4H3. The van der Waals surface area contributed by atoms with E-state index in [0.29, 0.717) is 50.0 Å². The molecular formula is C26H36N2O5. The van der Waals surface area contributed by atoms with Gasteiger partial charge in [0.1, 0.15) is 5.75 Å². The summed E-state index contributed by atoms with van der Waals surface area (Å²) in [7, 11) is 1.58. The Balaban J connectivity index is 1.71. The van der Waals surface area contributed by atoms with Gasteiger partial charge in [0.05, 0.1) is 26.9 Å². The zero-order chi connectivity index (χ0) is 24.1. The van der Waals surface area contributed by atoms with Crippen LogP contribution in [0.4, 0.5) is 0 Å². The first kappa shape index (κ1) is 26.0. The van der Waals surface area contributed by atoms with Gasteiger partial charge in [0.25, 0.3) is 5.91 Å². The molecule has 0 unspecified atom stereocenters. The third-order valence-electron chi connectivity index (χ3n) is 5.18. The molecule has 1 N–H and O–H groups in total. The molecule has 0 fully saturated rings. The topological polar surface area (TPSA) is 81.1 Å². The molecule has 33 heavy (non-hydrogen) atoms. The number of hydrogen-bond donors (Lipinski definition) is 1. The molecule has 0 aliphatic carbocycles. The van der Waals surface area contributed by atoms with Crippen molar-refractivity contribution < 1.29 is 23.7 Å². The van der Waals surface area contributed by atoms with Crippen LogP contribution in [-0.4, -0.2) is 56.7 Å². The monoisotopic (exact) mass is 456 g/mol. The quantitative estimate of drug-likeness (QED) is 0.241. The molecule has 2 aromatic carbocycles. The van der Waals surface area contributed by atoms with Crippen LogP contribution in [0.5, 0.6) is 17.2 Å². The summed E-state index contributed by atoms with van der Waals surface area (Å²) in [4.78, 5) is 14.3. The van der Waals surface area contributed by atoms with Crippen molar-refractivity contribution in [3.8, 4) is 17.2 Å². The zero-order valence-electron chi connectivity index (χ0n) is 20.2. The molecule has 0 heterocycles. The van der Waals surface area contributed by atoms with E-state index < -0.39 is 0 Å². The number of benzene rings is 2. The zero-order valence-corrected chi connectivity index (χ0v) is 20.2. The Morgan fingerprint density at radius 1 is 0.848 bits per heavy atom. The third kappa shape index (κ3) is 8.00. The number of unbranched alkanes of at least 4 members (excludes halogenated alkanes) is 2. The molecule has 0 aliphatic heterocycles. The fourth-order valence-electron chi connectivity index (χ4n) is 3.30. The largest absolute Gasteiger partial charge is 0.494 e. The first-order valence-electron chi connectivity index (χ1n) is 11.6. The van der Waals surface area contributed by atoms with E-state index in [9.17, 15) is 4.79 Å². The van der Waals surface area contributed by atoms with E-state index in [4.69, 9.17) is 24.4 Å². The highest BCUT2D eigenvalue weighted by molar-refractivity contribution is 5.95. The van der Waals surface area contributed by atoms with Crippen LogP contribution in [0.1, 0.15) is 56.0 Å². The van der Waals surface area contributed by atoms with Crippen molar-refractivity contribution in [3.05, 3.63) is 53.6 Å². The summed E-state index contributed by atoms with van der Waals surface area (Å²) in [5.41, 5.74) is 1.34. The van der Waals surface area contributed by atoms with Crippen LogP contribution in [0, 0.1) is 5.41 Å². The Kier molecular flexibility index (Phi) is 11.1. The average Bonchev–Trinajstić information content (AvgIpc) is 2.84. The first-order valence-corrected chi connectivity index (χ1v) is 11.6. The van der Waals surface area contributed by atoms with Gasteiger partial charge >= 0.3 is 0 Å². The van der Waals surface area contributed by atoms with Crippen molar-refractivity contribution in [1.82, 2.24) is 4.90 Å². The smallest absolute Gasteiger partial charge is 0.253 e. The number of methoxy groups -OCH3 is 1. The van der Waals surface area contributed by atoms with E-state index in [-0.39, 0.29) is 11.8 Å². The van der Waals surface area contributed by atoms with Crippen molar-refractivity contribution >= 4 is 11.8 Å². The van der Waals surface area contributed by atoms with Crippen molar-refractivity contribution in [3.63, 3.8) is 0 Å². The molecule has 0 saturated heterocycles. The number of carbonyl (C=O) groups is 1. The summed E-state index contributed by atoms with van der Waals surface area (Å²) in [6, 6.07) is 12.7. The molecule has 2 aromatic rings. The molecule has 0 bridgehead atoms. The second-order valence-corrected chi connectivity index (χ2v) is 7.39. The summed E-state index contributed by atoms with van der Waals surface area (Å²) in [6.07, 6.45) is 2.76. The lowest BCUT2D eigenvalue weighted by atomic mass is 10.1. The van der Waals surface area contributed by atoms with E-state index in [2.05, 4.69) is 0 Å². The lowest BCUT2D eigenvalue weighted by molar-refractivity contribution is 0.0772. The third-order valence-corrected chi connectivity index (χ3v) is 5.18. The predicted octanol–water partition coefficient (Wildman–Crippen LogP) is 5.17. The van der Waals surface area contributed by atoms with Crippen LogP contribution in [0.2, 0.25) is 0 Å². The number of rotatable bonds is 14. The van der Waals surface area contributed by atoms with Crippen LogP contribution in [0.25, 0.3) is 0 Å². The fraction of sp³-hybridized carbons (Fsp3) is 0.462. The van der Waals surface area contributed by atoms with E-state index in [1.54, 1.807) is 30.2 Å². The van der Waals surface area contributed by atoms with Crippen molar-refractivity contribution in [2.24, 2.45) is 0 Å². The molecule has 0 atom stereocenters. The molecule has 2 rings (SSSR count). The molecular weight excluding hydrogens is 420 g/mol. The maximum absolute atomic E-state index is 12.5. The summed E-state index contributed by atoms with van der Waals surface area (Å²) in [6.45, 7) is 8.80. The maximum atomic E-state index is 12.5. The second kappa shape index (κ2) is 14.0. The van der Waals surface area contributed by atoms with Gasteiger partial charge < -0.3 is 23.8 Å². The van der Waals surface area contributed by atoms with Crippen LogP contribution in [0.15, 0.2) is 42.5 Å². The van der Waals surface area contributed by atoms with E-state index >= 15 is 0 Å². The minimum atomic E-state index is -0.00736. The van der Waals surface area contributed by atoms with Crippen LogP contribution in [0.3, 0.4) is 0 Å². The Morgan fingerprint density at radius 2 is 1.48 bits per heavy atom. The van der Waals surface area contributed by atoms with Gasteiger partial charge in [-0.05, 0) is 82.5 Å². The normalized spacial score (nSPS) is 10.4. The first-order chi connectivity index (χ1) is 16.0.